The molecule has 3 nitrogen and oxygen atoms in total. The Morgan fingerprint density at radius 1 is 1.05 bits per heavy atom. The molecule has 0 bridgehead atoms. The van der Waals surface area contributed by atoms with Crippen LogP contribution in [0.4, 0.5) is 0 Å². The molecule has 3 heteroatoms. The highest BCUT2D eigenvalue weighted by atomic mass is 16.4. The minimum Gasteiger partial charge on any atom is -0.481 e. The SMILES string of the molecule is CC(=O)O.CCCCCCCN1CCC(CCC)CC1. The standard InChI is InChI=1S/C15H31N.C2H4O2/c1-3-5-6-7-8-12-16-13-10-15(9-4-2)11-14-16;1-2(3)4/h15H,3-14H2,1-2H3;1H3,(H,3,4). The lowest BCUT2D eigenvalue weighted by Gasteiger charge is -2.31. The molecule has 1 N–H and O–H groups in total. The van der Waals surface area contributed by atoms with Gasteiger partial charge in [-0.05, 0) is 44.8 Å². The smallest absolute Gasteiger partial charge is 0.300 e. The van der Waals surface area contributed by atoms with E-state index in [9.17, 15) is 0 Å². The first-order chi connectivity index (χ1) is 9.60. The molecule has 1 aliphatic rings. The Balaban J connectivity index is 0.000000796. The summed E-state index contributed by atoms with van der Waals surface area (Å²) in [7, 11) is 0. The van der Waals surface area contributed by atoms with Crippen LogP contribution in [0, 0.1) is 5.92 Å². The molecule has 1 fully saturated rings. The van der Waals surface area contributed by atoms with Gasteiger partial charge < -0.3 is 10.0 Å². The predicted octanol–water partition coefficient (Wildman–Crippen LogP) is 4.56. The monoisotopic (exact) mass is 285 g/mol. The molecule has 0 saturated carbocycles. The van der Waals surface area contributed by atoms with E-state index in [1.165, 1.54) is 77.4 Å². The number of carboxylic acid groups (broad SMARTS) is 1. The van der Waals surface area contributed by atoms with E-state index in [1.54, 1.807) is 0 Å². The number of hydrogen-bond donors (Lipinski definition) is 1. The van der Waals surface area contributed by atoms with Crippen molar-refractivity contribution >= 4 is 5.97 Å². The molecule has 1 aliphatic heterocycles. The summed E-state index contributed by atoms with van der Waals surface area (Å²) in [5.74, 6) is 0.210. The second kappa shape index (κ2) is 13.4. The lowest BCUT2D eigenvalue weighted by molar-refractivity contribution is -0.134. The van der Waals surface area contributed by atoms with E-state index in [0.717, 1.165) is 12.8 Å². The zero-order chi connectivity index (χ0) is 15.2. The number of nitrogens with zero attached hydrogens (tertiary/aromatic N) is 1. The average molecular weight is 285 g/mol. The van der Waals surface area contributed by atoms with E-state index in [2.05, 4.69) is 18.7 Å². The van der Waals surface area contributed by atoms with Gasteiger partial charge in [0.2, 0.25) is 0 Å². The summed E-state index contributed by atoms with van der Waals surface area (Å²) in [6.45, 7) is 9.80. The van der Waals surface area contributed by atoms with Crippen molar-refractivity contribution in [2.24, 2.45) is 5.92 Å². The highest BCUT2D eigenvalue weighted by Gasteiger charge is 2.17. The van der Waals surface area contributed by atoms with Gasteiger partial charge in [-0.15, -0.1) is 0 Å². The zero-order valence-corrected chi connectivity index (χ0v) is 13.9. The van der Waals surface area contributed by atoms with E-state index in [4.69, 9.17) is 9.90 Å². The van der Waals surface area contributed by atoms with Gasteiger partial charge in [0.25, 0.3) is 5.97 Å². The molecule has 0 aromatic rings. The van der Waals surface area contributed by atoms with Crippen molar-refractivity contribution in [1.82, 2.24) is 4.90 Å². The molecule has 0 aromatic heterocycles. The Hall–Kier alpha value is -0.570. The normalized spacial score (nSPS) is 16.6. The molecule has 0 unspecified atom stereocenters. The molecule has 1 heterocycles. The van der Waals surface area contributed by atoms with E-state index in [-0.39, 0.29) is 0 Å². The Morgan fingerprint density at radius 3 is 2.10 bits per heavy atom. The molecule has 0 atom stereocenters. The molecule has 120 valence electrons. The van der Waals surface area contributed by atoms with Crippen molar-refractivity contribution in [3.63, 3.8) is 0 Å². The number of piperidine rings is 1. The first kappa shape index (κ1) is 19.4. The van der Waals surface area contributed by atoms with Gasteiger partial charge in [-0.2, -0.15) is 0 Å². The highest BCUT2D eigenvalue weighted by Crippen LogP contribution is 2.21. The second-order valence-electron chi connectivity index (χ2n) is 6.01. The third kappa shape index (κ3) is 12.5. The molecule has 0 spiro atoms. The summed E-state index contributed by atoms with van der Waals surface area (Å²) >= 11 is 0. The van der Waals surface area contributed by atoms with Gasteiger partial charge in [-0.25, -0.2) is 0 Å². The Bertz CT molecular complexity index is 219. The summed E-state index contributed by atoms with van der Waals surface area (Å²) in [4.78, 5) is 11.7. The van der Waals surface area contributed by atoms with Crippen LogP contribution in [0.1, 0.15) is 78.6 Å². The average Bonchev–Trinajstić information content (AvgIpc) is 2.40. The number of hydrogen-bond acceptors (Lipinski definition) is 2. The highest BCUT2D eigenvalue weighted by molar-refractivity contribution is 5.62. The summed E-state index contributed by atoms with van der Waals surface area (Å²) in [6, 6.07) is 0. The third-order valence-electron chi connectivity index (χ3n) is 3.98. The van der Waals surface area contributed by atoms with E-state index in [1.807, 2.05) is 0 Å². The van der Waals surface area contributed by atoms with Crippen molar-refractivity contribution in [1.29, 1.82) is 0 Å². The minimum absolute atomic E-state index is 0.833. The number of carboxylic acids is 1. The number of likely N-dealkylation sites (tertiary alicyclic amines) is 1. The lowest BCUT2D eigenvalue weighted by Crippen LogP contribution is -2.34. The summed E-state index contributed by atoms with van der Waals surface area (Å²) < 4.78 is 0. The number of carbonyl (C=O) groups is 1. The van der Waals surface area contributed by atoms with Gasteiger partial charge in [0.05, 0.1) is 0 Å². The first-order valence-corrected chi connectivity index (χ1v) is 8.52. The molecule has 0 amide bonds. The van der Waals surface area contributed by atoms with Crippen LogP contribution in [0.5, 0.6) is 0 Å². The fraction of sp³-hybridized carbons (Fsp3) is 0.941. The molecular formula is C17H35NO2. The van der Waals surface area contributed by atoms with Crippen molar-refractivity contribution < 1.29 is 9.90 Å². The molecular weight excluding hydrogens is 250 g/mol. The van der Waals surface area contributed by atoms with Crippen molar-refractivity contribution in [3.8, 4) is 0 Å². The topological polar surface area (TPSA) is 40.5 Å². The van der Waals surface area contributed by atoms with Gasteiger partial charge in [-0.1, -0.05) is 52.4 Å². The first-order valence-electron chi connectivity index (χ1n) is 8.52. The molecule has 0 aromatic carbocycles. The van der Waals surface area contributed by atoms with Gasteiger partial charge in [0.15, 0.2) is 0 Å². The van der Waals surface area contributed by atoms with Gasteiger partial charge in [-0.3, -0.25) is 4.79 Å². The van der Waals surface area contributed by atoms with E-state index >= 15 is 0 Å². The second-order valence-corrected chi connectivity index (χ2v) is 6.01. The van der Waals surface area contributed by atoms with Crippen LogP contribution in [-0.4, -0.2) is 35.6 Å². The van der Waals surface area contributed by atoms with Crippen LogP contribution in [0.15, 0.2) is 0 Å². The van der Waals surface area contributed by atoms with Crippen LogP contribution in [-0.2, 0) is 4.79 Å². The Labute approximate surface area is 125 Å². The fourth-order valence-electron chi connectivity index (χ4n) is 2.85. The van der Waals surface area contributed by atoms with Crippen molar-refractivity contribution in [2.45, 2.75) is 78.6 Å². The Kier molecular flexibility index (Phi) is 13.0. The molecule has 1 saturated heterocycles. The fourth-order valence-corrected chi connectivity index (χ4v) is 2.85. The largest absolute Gasteiger partial charge is 0.481 e. The van der Waals surface area contributed by atoms with Gasteiger partial charge in [0, 0.05) is 6.92 Å². The maximum atomic E-state index is 9.00. The number of rotatable bonds is 8. The van der Waals surface area contributed by atoms with Crippen LogP contribution in [0.2, 0.25) is 0 Å². The third-order valence-corrected chi connectivity index (χ3v) is 3.98. The lowest BCUT2D eigenvalue weighted by atomic mass is 9.92. The molecule has 20 heavy (non-hydrogen) atoms. The minimum atomic E-state index is -0.833. The Morgan fingerprint density at radius 2 is 1.60 bits per heavy atom. The van der Waals surface area contributed by atoms with Crippen molar-refractivity contribution in [2.75, 3.05) is 19.6 Å². The maximum Gasteiger partial charge on any atom is 0.300 e. The quantitative estimate of drug-likeness (QED) is 0.665. The maximum absolute atomic E-state index is 9.00. The molecule has 0 radical (unpaired) electrons. The van der Waals surface area contributed by atoms with Crippen LogP contribution >= 0.6 is 0 Å². The summed E-state index contributed by atoms with van der Waals surface area (Å²) in [5.41, 5.74) is 0. The van der Waals surface area contributed by atoms with Crippen LogP contribution in [0.3, 0.4) is 0 Å². The van der Waals surface area contributed by atoms with Gasteiger partial charge >= 0.3 is 0 Å². The summed E-state index contributed by atoms with van der Waals surface area (Å²) in [5, 5.41) is 7.42. The summed E-state index contributed by atoms with van der Waals surface area (Å²) in [6.07, 6.45) is 12.9. The number of unbranched alkanes of at least 4 members (excludes halogenated alkanes) is 4. The van der Waals surface area contributed by atoms with Gasteiger partial charge in [0.1, 0.15) is 0 Å². The predicted molar refractivity (Wildman–Crippen MR) is 86.1 cm³/mol. The van der Waals surface area contributed by atoms with E-state index in [0.29, 0.717) is 0 Å². The van der Waals surface area contributed by atoms with Crippen LogP contribution < -0.4 is 0 Å². The molecule has 0 aliphatic carbocycles. The van der Waals surface area contributed by atoms with E-state index < -0.39 is 5.97 Å². The zero-order valence-electron chi connectivity index (χ0n) is 13.9. The number of aliphatic carboxylic acids is 1. The van der Waals surface area contributed by atoms with Crippen LogP contribution in [0.25, 0.3) is 0 Å². The van der Waals surface area contributed by atoms with Crippen molar-refractivity contribution in [3.05, 3.63) is 0 Å². The molecule has 1 rings (SSSR count).